The van der Waals surface area contributed by atoms with Crippen molar-refractivity contribution in [3.05, 3.63) is 71.8 Å². The van der Waals surface area contributed by atoms with Crippen molar-refractivity contribution in [2.75, 3.05) is 12.9 Å². The van der Waals surface area contributed by atoms with Crippen molar-refractivity contribution >= 4 is 17.5 Å². The van der Waals surface area contributed by atoms with Crippen LogP contribution < -0.4 is 4.74 Å². The van der Waals surface area contributed by atoms with Crippen LogP contribution in [-0.2, 0) is 7.05 Å². The number of carbonyl (C=O) groups is 1. The number of thioether (sulfide) groups is 1. The Hall–Kier alpha value is -3.39. The van der Waals surface area contributed by atoms with Gasteiger partial charge in [0.15, 0.2) is 16.8 Å². The zero-order chi connectivity index (χ0) is 22.0. The molecule has 0 saturated carbocycles. The number of Topliss-reactive ketones (excluding diaryl/α,β-unsaturated/α-hetero) is 1. The molecule has 0 atom stereocenters. The van der Waals surface area contributed by atoms with E-state index in [9.17, 15) is 4.79 Å². The third-order valence-electron chi connectivity index (χ3n) is 5.31. The van der Waals surface area contributed by atoms with E-state index in [0.29, 0.717) is 11.0 Å². The van der Waals surface area contributed by atoms with E-state index in [-0.39, 0.29) is 11.5 Å². The van der Waals surface area contributed by atoms with E-state index in [1.165, 1.54) is 11.8 Å². The van der Waals surface area contributed by atoms with Crippen LogP contribution >= 0.6 is 11.8 Å². The lowest BCUT2D eigenvalue weighted by atomic mass is 10.2. The van der Waals surface area contributed by atoms with E-state index in [1.807, 2.05) is 72.5 Å². The van der Waals surface area contributed by atoms with Crippen molar-refractivity contribution in [1.82, 2.24) is 24.3 Å². The van der Waals surface area contributed by atoms with E-state index in [1.54, 1.807) is 19.5 Å². The number of methoxy groups -OCH3 is 1. The summed E-state index contributed by atoms with van der Waals surface area (Å²) < 4.78 is 9.26. The summed E-state index contributed by atoms with van der Waals surface area (Å²) in [4.78, 5) is 17.0. The molecule has 0 spiro atoms. The van der Waals surface area contributed by atoms with Crippen LogP contribution in [0.25, 0.3) is 17.1 Å². The Morgan fingerprint density at radius 2 is 1.77 bits per heavy atom. The lowest BCUT2D eigenvalue weighted by Crippen LogP contribution is -2.06. The molecular formula is C23H23N5O2S. The highest BCUT2D eigenvalue weighted by molar-refractivity contribution is 7.99. The largest absolute Gasteiger partial charge is 0.497 e. The van der Waals surface area contributed by atoms with Gasteiger partial charge in [-0.25, -0.2) is 0 Å². The van der Waals surface area contributed by atoms with Crippen LogP contribution in [0.1, 0.15) is 21.7 Å². The first-order valence-corrected chi connectivity index (χ1v) is 10.8. The summed E-state index contributed by atoms with van der Waals surface area (Å²) in [7, 11) is 3.60. The van der Waals surface area contributed by atoms with Gasteiger partial charge in [-0.1, -0.05) is 11.8 Å². The first-order chi connectivity index (χ1) is 15.0. The third kappa shape index (κ3) is 4.11. The van der Waals surface area contributed by atoms with Gasteiger partial charge in [0.05, 0.1) is 12.9 Å². The molecule has 3 aromatic heterocycles. The highest BCUT2D eigenvalue weighted by Crippen LogP contribution is 2.29. The van der Waals surface area contributed by atoms with Gasteiger partial charge in [0.2, 0.25) is 0 Å². The van der Waals surface area contributed by atoms with Crippen molar-refractivity contribution in [2.45, 2.75) is 19.0 Å². The Balaban J connectivity index is 1.68. The summed E-state index contributed by atoms with van der Waals surface area (Å²) in [6, 6.07) is 13.4. The maximum absolute atomic E-state index is 12.9. The molecular weight excluding hydrogens is 410 g/mol. The predicted molar refractivity (Wildman–Crippen MR) is 121 cm³/mol. The minimum Gasteiger partial charge on any atom is -0.497 e. The number of aryl methyl sites for hydroxylation is 1. The van der Waals surface area contributed by atoms with Gasteiger partial charge in [-0.15, -0.1) is 10.2 Å². The number of pyridine rings is 1. The maximum atomic E-state index is 12.9. The second-order valence-electron chi connectivity index (χ2n) is 7.13. The molecule has 0 unspecified atom stereocenters. The molecule has 0 N–H and O–H groups in total. The van der Waals surface area contributed by atoms with Gasteiger partial charge in [0, 0.05) is 47.6 Å². The Labute approximate surface area is 185 Å². The van der Waals surface area contributed by atoms with E-state index in [0.717, 1.165) is 34.0 Å². The van der Waals surface area contributed by atoms with Crippen LogP contribution in [0.3, 0.4) is 0 Å². The molecule has 0 bridgehead atoms. The monoisotopic (exact) mass is 433 g/mol. The Morgan fingerprint density at radius 1 is 1.06 bits per heavy atom. The molecule has 31 heavy (non-hydrogen) atoms. The molecule has 4 rings (SSSR count). The summed E-state index contributed by atoms with van der Waals surface area (Å²) in [6.07, 6.45) is 3.44. The fraction of sp³-hybridized carbons (Fsp3) is 0.217. The molecule has 0 aliphatic rings. The van der Waals surface area contributed by atoms with Crippen LogP contribution in [-0.4, -0.2) is 43.0 Å². The summed E-state index contributed by atoms with van der Waals surface area (Å²) in [5.41, 5.74) is 4.56. The van der Waals surface area contributed by atoms with Crippen LogP contribution in [0.15, 0.2) is 60.0 Å². The standard InChI is InChI=1S/C23H23N5O2S/c1-15-13-20(16(2)27(15)3)21(29)14-31-23-26-25-22(17-9-11-24-12-10-17)28(23)18-5-7-19(30-4)8-6-18/h5-13H,14H2,1-4H3. The first-order valence-electron chi connectivity index (χ1n) is 9.78. The number of ketones is 1. The average Bonchev–Trinajstić information content (AvgIpc) is 3.34. The Bertz CT molecular complexity index is 1210. The molecule has 158 valence electrons. The summed E-state index contributed by atoms with van der Waals surface area (Å²) >= 11 is 1.38. The normalized spacial score (nSPS) is 11.0. The maximum Gasteiger partial charge on any atom is 0.196 e. The number of aromatic nitrogens is 5. The molecule has 1 aromatic carbocycles. The molecule has 0 amide bonds. The number of hydrogen-bond donors (Lipinski definition) is 0. The molecule has 0 fully saturated rings. The van der Waals surface area contributed by atoms with Gasteiger partial charge in [0.1, 0.15) is 5.75 Å². The van der Waals surface area contributed by atoms with Crippen molar-refractivity contribution < 1.29 is 9.53 Å². The van der Waals surface area contributed by atoms with E-state index < -0.39 is 0 Å². The van der Waals surface area contributed by atoms with Crippen molar-refractivity contribution in [1.29, 1.82) is 0 Å². The molecule has 0 aliphatic heterocycles. The van der Waals surface area contributed by atoms with Gasteiger partial charge >= 0.3 is 0 Å². The quantitative estimate of drug-likeness (QED) is 0.320. The number of benzene rings is 1. The van der Waals surface area contributed by atoms with Gasteiger partial charge in [-0.05, 0) is 56.3 Å². The van der Waals surface area contributed by atoms with Gasteiger partial charge in [0.25, 0.3) is 0 Å². The number of rotatable bonds is 7. The minimum absolute atomic E-state index is 0.0703. The second kappa shape index (κ2) is 8.77. The van der Waals surface area contributed by atoms with Gasteiger partial charge < -0.3 is 9.30 Å². The smallest absolute Gasteiger partial charge is 0.196 e. The number of carbonyl (C=O) groups excluding carboxylic acids is 1. The second-order valence-corrected chi connectivity index (χ2v) is 8.07. The predicted octanol–water partition coefficient (Wildman–Crippen LogP) is 4.27. The number of ether oxygens (including phenoxy) is 1. The zero-order valence-electron chi connectivity index (χ0n) is 17.9. The molecule has 8 heteroatoms. The SMILES string of the molecule is COc1ccc(-n2c(SCC(=O)c3cc(C)n(C)c3C)nnc2-c2ccncc2)cc1. The topological polar surface area (TPSA) is 74.8 Å². The summed E-state index contributed by atoms with van der Waals surface area (Å²) in [5.74, 6) is 1.80. The van der Waals surface area contributed by atoms with Crippen LogP contribution in [0.2, 0.25) is 0 Å². The molecule has 7 nitrogen and oxygen atoms in total. The summed E-state index contributed by atoms with van der Waals surface area (Å²) in [6.45, 7) is 3.96. The average molecular weight is 434 g/mol. The fourth-order valence-corrected chi connectivity index (χ4v) is 4.20. The van der Waals surface area contributed by atoms with Crippen LogP contribution in [0, 0.1) is 13.8 Å². The van der Waals surface area contributed by atoms with Gasteiger partial charge in [-0.3, -0.25) is 14.3 Å². The molecule has 3 heterocycles. The highest BCUT2D eigenvalue weighted by atomic mass is 32.2. The minimum atomic E-state index is 0.0703. The molecule has 0 saturated heterocycles. The number of nitrogens with zero attached hydrogens (tertiary/aromatic N) is 5. The van der Waals surface area contributed by atoms with Crippen LogP contribution in [0.5, 0.6) is 5.75 Å². The van der Waals surface area contributed by atoms with E-state index in [2.05, 4.69) is 15.2 Å². The van der Waals surface area contributed by atoms with Crippen molar-refractivity contribution in [3.63, 3.8) is 0 Å². The fourth-order valence-electron chi connectivity index (χ4n) is 3.36. The van der Waals surface area contributed by atoms with E-state index in [4.69, 9.17) is 4.74 Å². The van der Waals surface area contributed by atoms with Crippen molar-refractivity contribution in [2.24, 2.45) is 7.05 Å². The highest BCUT2D eigenvalue weighted by Gasteiger charge is 2.19. The van der Waals surface area contributed by atoms with Gasteiger partial charge in [-0.2, -0.15) is 0 Å². The lowest BCUT2D eigenvalue weighted by molar-refractivity contribution is 0.102. The Morgan fingerprint density at radius 3 is 2.39 bits per heavy atom. The Kier molecular flexibility index (Phi) is 5.90. The summed E-state index contributed by atoms with van der Waals surface area (Å²) in [5, 5.41) is 9.45. The number of hydrogen-bond acceptors (Lipinski definition) is 6. The molecule has 4 aromatic rings. The zero-order valence-corrected chi connectivity index (χ0v) is 18.7. The van der Waals surface area contributed by atoms with Crippen molar-refractivity contribution in [3.8, 4) is 22.8 Å². The van der Waals surface area contributed by atoms with Crippen LogP contribution in [0.4, 0.5) is 0 Å². The molecule has 0 aliphatic carbocycles. The third-order valence-corrected chi connectivity index (χ3v) is 6.24. The lowest BCUT2D eigenvalue weighted by Gasteiger charge is -2.11. The first kappa shape index (κ1) is 20.9. The molecule has 0 radical (unpaired) electrons. The van der Waals surface area contributed by atoms with E-state index >= 15 is 0 Å².